The highest BCUT2D eigenvalue weighted by Gasteiger charge is 2.67. The van der Waals surface area contributed by atoms with Gasteiger partial charge in [0.05, 0.1) is 33.7 Å². The van der Waals surface area contributed by atoms with Crippen LogP contribution in [0.5, 0.6) is 5.75 Å². The molecular formula is C24H16Cl5FN2O3. The van der Waals surface area contributed by atoms with Crippen molar-refractivity contribution in [2.75, 3.05) is 17.7 Å². The standard InChI is InChI=1S/C24H16Cl5FN2O3/c1-35-21-17(26)8-11(9-18(21)27)19-20(24(19,28)29)23(34)32-14-6-7-16(25)15(10-14)22(33)31-13-4-2-12(30)3-5-13/h2-10,19-20H,1H3,(H,31,33)(H,32,34). The first kappa shape index (κ1) is 25.9. The van der Waals surface area contributed by atoms with Crippen molar-refractivity contribution >= 4 is 81.2 Å². The molecule has 0 bridgehead atoms. The first-order valence-electron chi connectivity index (χ1n) is 10.1. The van der Waals surface area contributed by atoms with Crippen LogP contribution in [0.25, 0.3) is 0 Å². The van der Waals surface area contributed by atoms with E-state index in [4.69, 9.17) is 62.7 Å². The fraction of sp³-hybridized carbons (Fsp3) is 0.167. The van der Waals surface area contributed by atoms with Crippen molar-refractivity contribution in [1.29, 1.82) is 0 Å². The minimum Gasteiger partial charge on any atom is -0.494 e. The maximum absolute atomic E-state index is 13.1. The summed E-state index contributed by atoms with van der Waals surface area (Å²) in [4.78, 5) is 25.7. The molecule has 3 aromatic rings. The lowest BCUT2D eigenvalue weighted by Gasteiger charge is -2.11. The van der Waals surface area contributed by atoms with Gasteiger partial charge in [-0.2, -0.15) is 0 Å². The monoisotopic (exact) mass is 574 g/mol. The molecule has 4 rings (SSSR count). The summed E-state index contributed by atoms with van der Waals surface area (Å²) < 4.78 is 16.9. The van der Waals surface area contributed by atoms with Crippen molar-refractivity contribution < 1.29 is 18.7 Å². The van der Waals surface area contributed by atoms with E-state index < -0.39 is 33.8 Å². The van der Waals surface area contributed by atoms with Gasteiger partial charge in [0, 0.05) is 17.3 Å². The van der Waals surface area contributed by atoms with Crippen LogP contribution in [0.2, 0.25) is 15.1 Å². The number of carbonyl (C=O) groups is 2. The summed E-state index contributed by atoms with van der Waals surface area (Å²) in [6, 6.07) is 12.9. The van der Waals surface area contributed by atoms with Gasteiger partial charge in [0.25, 0.3) is 5.91 Å². The Morgan fingerprint density at radius 3 is 2.09 bits per heavy atom. The normalized spacial score (nSPS) is 18.0. The Kier molecular flexibility index (Phi) is 7.41. The van der Waals surface area contributed by atoms with Gasteiger partial charge in [0.1, 0.15) is 10.2 Å². The summed E-state index contributed by atoms with van der Waals surface area (Å²) in [6.45, 7) is 0. The number of amides is 2. The van der Waals surface area contributed by atoms with Crippen molar-refractivity contribution in [3.63, 3.8) is 0 Å². The van der Waals surface area contributed by atoms with Gasteiger partial charge in [-0.05, 0) is 60.2 Å². The highest BCUT2D eigenvalue weighted by Crippen LogP contribution is 2.65. The van der Waals surface area contributed by atoms with Gasteiger partial charge in [-0.25, -0.2) is 4.39 Å². The Hall–Kier alpha value is -2.22. The van der Waals surface area contributed by atoms with E-state index in [-0.39, 0.29) is 20.6 Å². The summed E-state index contributed by atoms with van der Waals surface area (Å²) in [5.74, 6) is -2.50. The van der Waals surface area contributed by atoms with Crippen molar-refractivity contribution in [2.24, 2.45) is 5.92 Å². The zero-order valence-corrected chi connectivity index (χ0v) is 21.6. The van der Waals surface area contributed by atoms with E-state index in [0.29, 0.717) is 22.7 Å². The molecule has 0 heterocycles. The van der Waals surface area contributed by atoms with Crippen LogP contribution in [0.15, 0.2) is 54.6 Å². The van der Waals surface area contributed by atoms with Crippen LogP contribution in [-0.4, -0.2) is 23.3 Å². The largest absolute Gasteiger partial charge is 0.494 e. The molecule has 11 heteroatoms. The zero-order valence-electron chi connectivity index (χ0n) is 17.8. The van der Waals surface area contributed by atoms with E-state index in [0.717, 1.165) is 0 Å². The number of halogens is 6. The molecule has 1 fully saturated rings. The van der Waals surface area contributed by atoms with E-state index in [2.05, 4.69) is 10.6 Å². The average Bonchev–Trinajstić information content (AvgIpc) is 3.38. The third kappa shape index (κ3) is 5.32. The summed E-state index contributed by atoms with van der Waals surface area (Å²) in [7, 11) is 1.44. The fourth-order valence-electron chi connectivity index (χ4n) is 3.75. The molecule has 1 saturated carbocycles. The zero-order chi connectivity index (χ0) is 25.5. The molecule has 182 valence electrons. The molecule has 2 amide bonds. The maximum Gasteiger partial charge on any atom is 0.257 e. The first-order valence-corrected chi connectivity index (χ1v) is 12.0. The van der Waals surface area contributed by atoms with Crippen LogP contribution in [0, 0.1) is 11.7 Å². The van der Waals surface area contributed by atoms with Crippen LogP contribution in [0.3, 0.4) is 0 Å². The van der Waals surface area contributed by atoms with Crippen LogP contribution >= 0.6 is 58.0 Å². The molecule has 0 aromatic heterocycles. The smallest absolute Gasteiger partial charge is 0.257 e. The van der Waals surface area contributed by atoms with Crippen LogP contribution in [-0.2, 0) is 4.79 Å². The van der Waals surface area contributed by atoms with Crippen molar-refractivity contribution in [2.45, 2.75) is 10.3 Å². The Bertz CT molecular complexity index is 1290. The molecule has 5 nitrogen and oxygen atoms in total. The number of anilines is 2. The minimum atomic E-state index is -1.39. The van der Waals surface area contributed by atoms with E-state index in [1.807, 2.05) is 0 Å². The predicted octanol–water partition coefficient (Wildman–Crippen LogP) is 7.57. The Balaban J connectivity index is 1.51. The highest BCUT2D eigenvalue weighted by molar-refractivity contribution is 6.53. The van der Waals surface area contributed by atoms with Crippen LogP contribution in [0.1, 0.15) is 21.8 Å². The number of benzene rings is 3. The third-order valence-corrected chi connectivity index (χ3v) is 7.33. The molecule has 3 aromatic carbocycles. The second-order valence-electron chi connectivity index (χ2n) is 7.79. The van der Waals surface area contributed by atoms with E-state index in [9.17, 15) is 14.0 Å². The lowest BCUT2D eigenvalue weighted by Crippen LogP contribution is -2.18. The van der Waals surface area contributed by atoms with E-state index in [1.165, 1.54) is 49.6 Å². The fourth-order valence-corrected chi connectivity index (χ4v) is 5.44. The molecule has 2 unspecified atom stereocenters. The number of methoxy groups -OCH3 is 1. The molecule has 0 radical (unpaired) electrons. The van der Waals surface area contributed by atoms with E-state index in [1.54, 1.807) is 12.1 Å². The van der Waals surface area contributed by atoms with E-state index >= 15 is 0 Å². The van der Waals surface area contributed by atoms with Gasteiger partial charge in [-0.15, -0.1) is 23.2 Å². The van der Waals surface area contributed by atoms with Gasteiger partial charge in [-0.1, -0.05) is 34.8 Å². The number of hydrogen-bond donors (Lipinski definition) is 2. The van der Waals surface area contributed by atoms with Gasteiger partial charge in [0.2, 0.25) is 5.91 Å². The lowest BCUT2D eigenvalue weighted by molar-refractivity contribution is -0.117. The molecule has 35 heavy (non-hydrogen) atoms. The highest BCUT2D eigenvalue weighted by atomic mass is 35.5. The number of rotatable bonds is 6. The molecule has 2 atom stereocenters. The summed E-state index contributed by atoms with van der Waals surface area (Å²) in [5.41, 5.74) is 1.39. The van der Waals surface area contributed by atoms with Crippen molar-refractivity contribution in [3.05, 3.63) is 86.6 Å². The summed E-state index contributed by atoms with van der Waals surface area (Å²) in [6.07, 6.45) is 0. The number of ether oxygens (including phenoxy) is 1. The van der Waals surface area contributed by atoms with Gasteiger partial charge in [0.15, 0.2) is 5.75 Å². The molecule has 0 spiro atoms. The first-order chi connectivity index (χ1) is 16.5. The van der Waals surface area contributed by atoms with Gasteiger partial charge in [-0.3, -0.25) is 9.59 Å². The molecule has 0 aliphatic heterocycles. The summed E-state index contributed by atoms with van der Waals surface area (Å²) in [5, 5.41) is 6.03. The molecule has 1 aliphatic carbocycles. The maximum atomic E-state index is 13.1. The number of nitrogens with one attached hydrogen (secondary N) is 2. The van der Waals surface area contributed by atoms with Gasteiger partial charge < -0.3 is 15.4 Å². The molecular weight excluding hydrogens is 561 g/mol. The Morgan fingerprint density at radius 1 is 0.886 bits per heavy atom. The van der Waals surface area contributed by atoms with Crippen LogP contribution < -0.4 is 15.4 Å². The number of carbonyl (C=O) groups excluding carboxylic acids is 2. The topological polar surface area (TPSA) is 67.4 Å². The Labute approximate surface area is 225 Å². The minimum absolute atomic E-state index is 0.109. The van der Waals surface area contributed by atoms with Crippen LogP contribution in [0.4, 0.5) is 15.8 Å². The van der Waals surface area contributed by atoms with Crippen molar-refractivity contribution in [1.82, 2.24) is 0 Å². The number of alkyl halides is 2. The predicted molar refractivity (Wildman–Crippen MR) is 138 cm³/mol. The van der Waals surface area contributed by atoms with Crippen molar-refractivity contribution in [3.8, 4) is 5.75 Å². The average molecular weight is 577 g/mol. The molecule has 0 saturated heterocycles. The quantitative estimate of drug-likeness (QED) is 0.298. The second-order valence-corrected chi connectivity index (χ2v) is 10.5. The Morgan fingerprint density at radius 2 is 1.49 bits per heavy atom. The summed E-state index contributed by atoms with van der Waals surface area (Å²) >= 11 is 31.5. The molecule has 1 aliphatic rings. The lowest BCUT2D eigenvalue weighted by atomic mass is 10.1. The number of hydrogen-bond acceptors (Lipinski definition) is 3. The molecule has 2 N–H and O–H groups in total. The second kappa shape index (κ2) is 10.0. The third-order valence-electron chi connectivity index (χ3n) is 5.50. The SMILES string of the molecule is COc1c(Cl)cc(C2C(C(=O)Nc3ccc(Cl)c(C(=O)Nc4ccc(F)cc4)c3)C2(Cl)Cl)cc1Cl. The van der Waals surface area contributed by atoms with Gasteiger partial charge >= 0.3 is 0 Å².